The first kappa shape index (κ1) is 16.7. The lowest BCUT2D eigenvalue weighted by molar-refractivity contribution is -0.140. The molecule has 0 rings (SSSR count). The average molecular weight is 236 g/mol. The summed E-state index contributed by atoms with van der Waals surface area (Å²) in [6, 6.07) is -0.936. The number of nitrogens with two attached hydrogens (primary N) is 2. The van der Waals surface area contributed by atoms with Gasteiger partial charge < -0.3 is 26.8 Å². The van der Waals surface area contributed by atoms with Crippen molar-refractivity contribution in [1.82, 2.24) is 0 Å². The van der Waals surface area contributed by atoms with Gasteiger partial charge in [0, 0.05) is 6.42 Å². The monoisotopic (exact) mass is 236 g/mol. The summed E-state index contributed by atoms with van der Waals surface area (Å²) in [5.74, 6) is -2.98. The SMILES string of the molecule is NC(CCCC(=O)O)C(=O)O.NCC(=O)O. The Morgan fingerprint density at radius 2 is 1.50 bits per heavy atom. The Kier molecular flexibility index (Phi) is 10.3. The number of hydrogen-bond donors (Lipinski definition) is 5. The predicted octanol–water partition coefficient (Wildman–Crippen LogP) is -1.32. The molecule has 0 aliphatic rings. The summed E-state index contributed by atoms with van der Waals surface area (Å²) >= 11 is 0. The molecular weight excluding hydrogens is 220 g/mol. The molecule has 0 heterocycles. The van der Waals surface area contributed by atoms with E-state index in [1.807, 2.05) is 0 Å². The van der Waals surface area contributed by atoms with Gasteiger partial charge >= 0.3 is 17.9 Å². The van der Waals surface area contributed by atoms with Crippen LogP contribution < -0.4 is 11.5 Å². The van der Waals surface area contributed by atoms with Crippen molar-refractivity contribution in [1.29, 1.82) is 0 Å². The van der Waals surface area contributed by atoms with E-state index in [0.717, 1.165) is 0 Å². The minimum atomic E-state index is -1.09. The molecule has 0 aromatic rings. The molecule has 94 valence electrons. The largest absolute Gasteiger partial charge is 0.481 e. The lowest BCUT2D eigenvalue weighted by Gasteiger charge is -2.02. The third kappa shape index (κ3) is 14.8. The highest BCUT2D eigenvalue weighted by Crippen LogP contribution is 1.98. The van der Waals surface area contributed by atoms with E-state index in [4.69, 9.17) is 21.1 Å². The maximum Gasteiger partial charge on any atom is 0.320 e. The van der Waals surface area contributed by atoms with Crippen molar-refractivity contribution in [2.75, 3.05) is 6.54 Å². The topological polar surface area (TPSA) is 164 Å². The van der Waals surface area contributed by atoms with Gasteiger partial charge in [-0.1, -0.05) is 0 Å². The van der Waals surface area contributed by atoms with Gasteiger partial charge in [-0.05, 0) is 12.8 Å². The third-order valence-electron chi connectivity index (χ3n) is 1.40. The van der Waals surface area contributed by atoms with Gasteiger partial charge in [-0.15, -0.1) is 0 Å². The second-order valence-corrected chi connectivity index (χ2v) is 2.83. The molecule has 0 bridgehead atoms. The average Bonchev–Trinajstić information content (AvgIpc) is 2.17. The summed E-state index contributed by atoms with van der Waals surface area (Å²) in [5.41, 5.74) is 9.68. The third-order valence-corrected chi connectivity index (χ3v) is 1.40. The molecule has 1 unspecified atom stereocenters. The van der Waals surface area contributed by atoms with E-state index in [-0.39, 0.29) is 19.4 Å². The molecule has 0 aromatic carbocycles. The van der Waals surface area contributed by atoms with Gasteiger partial charge in [-0.25, -0.2) is 0 Å². The van der Waals surface area contributed by atoms with E-state index in [1.165, 1.54) is 0 Å². The van der Waals surface area contributed by atoms with Gasteiger partial charge in [0.15, 0.2) is 0 Å². The maximum absolute atomic E-state index is 10.1. The Labute approximate surface area is 91.8 Å². The molecule has 0 spiro atoms. The first-order valence-electron chi connectivity index (χ1n) is 4.43. The number of carboxylic acids is 3. The van der Waals surface area contributed by atoms with Crippen molar-refractivity contribution in [3.8, 4) is 0 Å². The van der Waals surface area contributed by atoms with Crippen molar-refractivity contribution < 1.29 is 29.7 Å². The van der Waals surface area contributed by atoms with Crippen molar-refractivity contribution in [3.05, 3.63) is 0 Å². The van der Waals surface area contributed by atoms with E-state index in [9.17, 15) is 14.4 Å². The Balaban J connectivity index is 0. The highest BCUT2D eigenvalue weighted by molar-refractivity contribution is 5.73. The van der Waals surface area contributed by atoms with Gasteiger partial charge in [-0.2, -0.15) is 0 Å². The molecule has 0 radical (unpaired) electrons. The standard InChI is InChI=1S/C6H11NO4.C2H5NO2/c7-4(6(10)11)2-1-3-5(8)9;3-1-2(4)5/h4H,1-3,7H2,(H,8,9)(H,10,11);1,3H2,(H,4,5). The van der Waals surface area contributed by atoms with Gasteiger partial charge in [0.25, 0.3) is 0 Å². The summed E-state index contributed by atoms with van der Waals surface area (Å²) in [7, 11) is 0. The molecule has 0 fully saturated rings. The molecular formula is C8H16N2O6. The fourth-order valence-electron chi connectivity index (χ4n) is 0.597. The fourth-order valence-corrected chi connectivity index (χ4v) is 0.597. The van der Waals surface area contributed by atoms with Crippen LogP contribution in [0.3, 0.4) is 0 Å². The Hall–Kier alpha value is -1.67. The van der Waals surface area contributed by atoms with E-state index >= 15 is 0 Å². The molecule has 16 heavy (non-hydrogen) atoms. The van der Waals surface area contributed by atoms with Crippen LogP contribution in [-0.4, -0.2) is 45.8 Å². The van der Waals surface area contributed by atoms with E-state index < -0.39 is 23.9 Å². The maximum atomic E-state index is 10.1. The minimum absolute atomic E-state index is 0.0268. The summed E-state index contributed by atoms with van der Waals surface area (Å²) < 4.78 is 0. The van der Waals surface area contributed by atoms with E-state index in [0.29, 0.717) is 6.42 Å². The quantitative estimate of drug-likeness (QED) is 0.379. The van der Waals surface area contributed by atoms with Gasteiger partial charge in [0.2, 0.25) is 0 Å². The number of carbonyl (C=O) groups is 3. The predicted molar refractivity (Wildman–Crippen MR) is 53.8 cm³/mol. The molecule has 7 N–H and O–H groups in total. The van der Waals surface area contributed by atoms with Crippen LogP contribution in [0.2, 0.25) is 0 Å². The molecule has 0 aliphatic carbocycles. The molecule has 0 saturated carbocycles. The number of carboxylic acid groups (broad SMARTS) is 3. The Bertz CT molecular complexity index is 243. The number of hydrogen-bond acceptors (Lipinski definition) is 5. The first-order chi connectivity index (χ1) is 7.31. The van der Waals surface area contributed by atoms with Crippen molar-refractivity contribution in [3.63, 3.8) is 0 Å². The van der Waals surface area contributed by atoms with Crippen LogP contribution in [0.15, 0.2) is 0 Å². The zero-order valence-corrected chi connectivity index (χ0v) is 8.63. The van der Waals surface area contributed by atoms with E-state index in [2.05, 4.69) is 5.73 Å². The number of rotatable bonds is 6. The molecule has 0 amide bonds. The normalized spacial score (nSPS) is 10.9. The van der Waals surface area contributed by atoms with Crippen molar-refractivity contribution in [2.24, 2.45) is 11.5 Å². The second-order valence-electron chi connectivity index (χ2n) is 2.83. The van der Waals surface area contributed by atoms with Crippen LogP contribution in [0.25, 0.3) is 0 Å². The second kappa shape index (κ2) is 9.87. The molecule has 8 nitrogen and oxygen atoms in total. The summed E-state index contributed by atoms with van der Waals surface area (Å²) in [5, 5.41) is 24.0. The van der Waals surface area contributed by atoms with Crippen LogP contribution >= 0.6 is 0 Å². The van der Waals surface area contributed by atoms with Crippen molar-refractivity contribution in [2.45, 2.75) is 25.3 Å². The van der Waals surface area contributed by atoms with Crippen LogP contribution in [0, 0.1) is 0 Å². The van der Waals surface area contributed by atoms with Gasteiger partial charge in [0.05, 0.1) is 6.54 Å². The van der Waals surface area contributed by atoms with Crippen LogP contribution in [0.1, 0.15) is 19.3 Å². The lowest BCUT2D eigenvalue weighted by Crippen LogP contribution is -2.29. The van der Waals surface area contributed by atoms with Gasteiger partial charge in [0.1, 0.15) is 6.04 Å². The number of aliphatic carboxylic acids is 3. The smallest absolute Gasteiger partial charge is 0.320 e. The molecule has 8 heteroatoms. The van der Waals surface area contributed by atoms with Crippen LogP contribution in [-0.2, 0) is 14.4 Å². The first-order valence-corrected chi connectivity index (χ1v) is 4.43. The fraction of sp³-hybridized carbons (Fsp3) is 0.625. The van der Waals surface area contributed by atoms with Gasteiger partial charge in [-0.3, -0.25) is 14.4 Å². The zero-order valence-electron chi connectivity index (χ0n) is 8.63. The van der Waals surface area contributed by atoms with Crippen LogP contribution in [0.4, 0.5) is 0 Å². The summed E-state index contributed by atoms with van der Waals surface area (Å²) in [6.45, 7) is -0.278. The lowest BCUT2D eigenvalue weighted by atomic mass is 10.1. The van der Waals surface area contributed by atoms with E-state index in [1.54, 1.807) is 0 Å². The Morgan fingerprint density at radius 1 is 1.06 bits per heavy atom. The van der Waals surface area contributed by atoms with Crippen LogP contribution in [0.5, 0.6) is 0 Å². The Morgan fingerprint density at radius 3 is 1.75 bits per heavy atom. The molecule has 0 aliphatic heterocycles. The minimum Gasteiger partial charge on any atom is -0.481 e. The highest BCUT2D eigenvalue weighted by atomic mass is 16.4. The molecule has 0 aromatic heterocycles. The van der Waals surface area contributed by atoms with Crippen molar-refractivity contribution >= 4 is 17.9 Å². The molecule has 0 saturated heterocycles. The summed E-state index contributed by atoms with van der Waals surface area (Å²) in [4.78, 5) is 29.3. The summed E-state index contributed by atoms with van der Waals surface area (Å²) in [6.07, 6.45) is 0.491. The molecule has 1 atom stereocenters. The highest BCUT2D eigenvalue weighted by Gasteiger charge is 2.10. The zero-order chi connectivity index (χ0) is 13.1.